The molecule has 0 aromatic heterocycles. The molecule has 5 nitrogen and oxygen atoms in total. The summed E-state index contributed by atoms with van der Waals surface area (Å²) in [6.45, 7) is 4.06. The molecule has 0 unspecified atom stereocenters. The molecule has 0 spiro atoms. The molecule has 6 heteroatoms. The van der Waals surface area contributed by atoms with Crippen molar-refractivity contribution < 1.29 is 14.3 Å². The molecule has 104 valence electrons. The lowest BCUT2D eigenvalue weighted by atomic mass is 10.2. The van der Waals surface area contributed by atoms with Crippen LogP contribution in [0.1, 0.15) is 18.9 Å². The topological polar surface area (TPSA) is 59.6 Å². The number of urea groups is 1. The van der Waals surface area contributed by atoms with Crippen LogP contribution in [-0.2, 0) is 6.54 Å². The van der Waals surface area contributed by atoms with E-state index in [-0.39, 0.29) is 6.03 Å². The highest BCUT2D eigenvalue weighted by molar-refractivity contribution is 6.32. The standard InChI is InChI=1S/C13H17ClN2O3/c1-2-15-13(17)16-8-9-6-10(14)12-11(7-9)18-4-3-5-19-12/h6-7H,2-5,8H2,1H3,(H2,15,16,17). The fourth-order valence-corrected chi connectivity index (χ4v) is 2.08. The van der Waals surface area contributed by atoms with Crippen molar-refractivity contribution in [3.05, 3.63) is 22.7 Å². The van der Waals surface area contributed by atoms with E-state index in [2.05, 4.69) is 10.6 Å². The summed E-state index contributed by atoms with van der Waals surface area (Å²) in [5.74, 6) is 1.22. The summed E-state index contributed by atoms with van der Waals surface area (Å²) in [5, 5.41) is 5.91. The van der Waals surface area contributed by atoms with E-state index in [1.54, 1.807) is 6.07 Å². The van der Waals surface area contributed by atoms with Crippen molar-refractivity contribution in [2.45, 2.75) is 19.9 Å². The number of halogens is 1. The Kier molecular flexibility index (Phi) is 4.74. The Morgan fingerprint density at radius 1 is 1.32 bits per heavy atom. The SMILES string of the molecule is CCNC(=O)NCc1cc(Cl)c2c(c1)OCCCO2. The number of fused-ring (bicyclic) bond motifs is 1. The minimum Gasteiger partial charge on any atom is -0.489 e. The molecule has 0 fully saturated rings. The summed E-state index contributed by atoms with van der Waals surface area (Å²) in [7, 11) is 0. The zero-order valence-corrected chi connectivity index (χ0v) is 11.5. The first-order chi connectivity index (χ1) is 9.20. The van der Waals surface area contributed by atoms with Crippen molar-refractivity contribution in [2.24, 2.45) is 0 Å². The van der Waals surface area contributed by atoms with Gasteiger partial charge in [0.2, 0.25) is 0 Å². The summed E-state index contributed by atoms with van der Waals surface area (Å²) < 4.78 is 11.1. The van der Waals surface area contributed by atoms with Crippen LogP contribution < -0.4 is 20.1 Å². The third-order valence-electron chi connectivity index (χ3n) is 2.65. The molecule has 0 saturated carbocycles. The Balaban J connectivity index is 2.08. The van der Waals surface area contributed by atoms with Gasteiger partial charge in [-0.2, -0.15) is 0 Å². The highest BCUT2D eigenvalue weighted by Gasteiger charge is 2.15. The van der Waals surface area contributed by atoms with Gasteiger partial charge in [-0.05, 0) is 24.6 Å². The van der Waals surface area contributed by atoms with Crippen molar-refractivity contribution >= 4 is 17.6 Å². The third kappa shape index (κ3) is 3.67. The second kappa shape index (κ2) is 6.52. The molecule has 2 amide bonds. The molecular weight excluding hydrogens is 268 g/mol. The zero-order valence-electron chi connectivity index (χ0n) is 10.8. The fraction of sp³-hybridized carbons (Fsp3) is 0.462. The van der Waals surface area contributed by atoms with Crippen molar-refractivity contribution in [1.29, 1.82) is 0 Å². The lowest BCUT2D eigenvalue weighted by Crippen LogP contribution is -2.34. The molecule has 1 aromatic carbocycles. The minimum atomic E-state index is -0.203. The van der Waals surface area contributed by atoms with Gasteiger partial charge in [0.05, 0.1) is 18.2 Å². The summed E-state index contributed by atoms with van der Waals surface area (Å²) >= 11 is 6.16. The Labute approximate surface area is 117 Å². The predicted octanol–water partition coefficient (Wildman–Crippen LogP) is 2.32. The molecule has 0 aliphatic carbocycles. The second-order valence-electron chi connectivity index (χ2n) is 4.17. The molecule has 19 heavy (non-hydrogen) atoms. The maximum atomic E-state index is 11.3. The lowest BCUT2D eigenvalue weighted by Gasteiger charge is -2.12. The van der Waals surface area contributed by atoms with Crippen LogP contribution in [0, 0.1) is 0 Å². The second-order valence-corrected chi connectivity index (χ2v) is 4.58. The molecule has 0 bridgehead atoms. The number of amides is 2. The number of benzene rings is 1. The molecule has 1 heterocycles. The van der Waals surface area contributed by atoms with Crippen molar-refractivity contribution in [3.63, 3.8) is 0 Å². The third-order valence-corrected chi connectivity index (χ3v) is 2.93. The minimum absolute atomic E-state index is 0.203. The number of hydrogen-bond donors (Lipinski definition) is 2. The van der Waals surface area contributed by atoms with E-state index < -0.39 is 0 Å². The Hall–Kier alpha value is -1.62. The van der Waals surface area contributed by atoms with Crippen molar-refractivity contribution in [2.75, 3.05) is 19.8 Å². The van der Waals surface area contributed by atoms with E-state index in [4.69, 9.17) is 21.1 Å². The van der Waals surface area contributed by atoms with E-state index >= 15 is 0 Å². The van der Waals surface area contributed by atoms with Gasteiger partial charge in [0.25, 0.3) is 0 Å². The largest absolute Gasteiger partial charge is 0.489 e. The number of hydrogen-bond acceptors (Lipinski definition) is 3. The van der Waals surface area contributed by atoms with Crippen molar-refractivity contribution in [3.8, 4) is 11.5 Å². The van der Waals surface area contributed by atoms with Gasteiger partial charge >= 0.3 is 6.03 Å². The number of nitrogens with one attached hydrogen (secondary N) is 2. The molecule has 0 radical (unpaired) electrons. The van der Waals surface area contributed by atoms with Gasteiger partial charge in [-0.25, -0.2) is 4.79 Å². The summed E-state index contributed by atoms with van der Waals surface area (Å²) in [5.41, 5.74) is 0.875. The highest BCUT2D eigenvalue weighted by Crippen LogP contribution is 2.37. The summed E-state index contributed by atoms with van der Waals surface area (Å²) in [6.07, 6.45) is 0.831. The first-order valence-electron chi connectivity index (χ1n) is 6.30. The van der Waals surface area contributed by atoms with E-state index in [0.29, 0.717) is 42.8 Å². The van der Waals surface area contributed by atoms with Gasteiger partial charge in [-0.15, -0.1) is 0 Å². The van der Waals surface area contributed by atoms with Crippen LogP contribution >= 0.6 is 11.6 Å². The predicted molar refractivity (Wildman–Crippen MR) is 73.0 cm³/mol. The van der Waals surface area contributed by atoms with Gasteiger partial charge < -0.3 is 20.1 Å². The molecule has 1 aromatic rings. The van der Waals surface area contributed by atoms with Gasteiger partial charge in [-0.3, -0.25) is 0 Å². The van der Waals surface area contributed by atoms with E-state index in [9.17, 15) is 4.79 Å². The van der Waals surface area contributed by atoms with Crippen LogP contribution in [-0.4, -0.2) is 25.8 Å². The first-order valence-corrected chi connectivity index (χ1v) is 6.68. The van der Waals surface area contributed by atoms with Crippen LogP contribution in [0.5, 0.6) is 11.5 Å². The monoisotopic (exact) mass is 284 g/mol. The maximum absolute atomic E-state index is 11.3. The Bertz CT molecular complexity index is 465. The van der Waals surface area contributed by atoms with Crippen LogP contribution in [0.25, 0.3) is 0 Å². The molecule has 0 atom stereocenters. The quantitative estimate of drug-likeness (QED) is 0.895. The summed E-state index contributed by atoms with van der Waals surface area (Å²) in [4.78, 5) is 11.3. The van der Waals surface area contributed by atoms with Gasteiger partial charge in [-0.1, -0.05) is 11.6 Å². The smallest absolute Gasteiger partial charge is 0.315 e. The Morgan fingerprint density at radius 2 is 2.11 bits per heavy atom. The van der Waals surface area contributed by atoms with Crippen LogP contribution in [0.4, 0.5) is 4.79 Å². The average molecular weight is 285 g/mol. The molecule has 2 N–H and O–H groups in total. The lowest BCUT2D eigenvalue weighted by molar-refractivity contribution is 0.241. The molecule has 2 rings (SSSR count). The van der Waals surface area contributed by atoms with Gasteiger partial charge in [0, 0.05) is 19.5 Å². The van der Waals surface area contributed by atoms with Crippen molar-refractivity contribution in [1.82, 2.24) is 10.6 Å². The maximum Gasteiger partial charge on any atom is 0.315 e. The summed E-state index contributed by atoms with van der Waals surface area (Å²) in [6, 6.07) is 3.42. The molecular formula is C13H17ClN2O3. The molecule has 0 saturated heterocycles. The van der Waals surface area contributed by atoms with Gasteiger partial charge in [0.15, 0.2) is 11.5 Å². The first kappa shape index (κ1) is 13.8. The van der Waals surface area contributed by atoms with Crippen LogP contribution in [0.15, 0.2) is 12.1 Å². The average Bonchev–Trinajstić information content (AvgIpc) is 2.62. The van der Waals surface area contributed by atoms with E-state index in [1.807, 2.05) is 13.0 Å². The Morgan fingerprint density at radius 3 is 2.89 bits per heavy atom. The van der Waals surface area contributed by atoms with Crippen LogP contribution in [0.2, 0.25) is 5.02 Å². The molecule has 1 aliphatic rings. The fourth-order valence-electron chi connectivity index (χ4n) is 1.79. The van der Waals surface area contributed by atoms with E-state index in [0.717, 1.165) is 12.0 Å². The van der Waals surface area contributed by atoms with E-state index in [1.165, 1.54) is 0 Å². The molecule has 1 aliphatic heterocycles. The number of ether oxygens (including phenoxy) is 2. The number of carbonyl (C=O) groups is 1. The van der Waals surface area contributed by atoms with Gasteiger partial charge in [0.1, 0.15) is 0 Å². The zero-order chi connectivity index (χ0) is 13.7. The number of carbonyl (C=O) groups excluding carboxylic acids is 1. The number of rotatable bonds is 3. The van der Waals surface area contributed by atoms with Crippen LogP contribution in [0.3, 0.4) is 0 Å². The highest BCUT2D eigenvalue weighted by atomic mass is 35.5. The normalized spacial score (nSPS) is 13.6.